The highest BCUT2D eigenvalue weighted by atomic mass is 35.5. The van der Waals surface area contributed by atoms with E-state index in [1.165, 1.54) is 37.3 Å². The smallest absolute Gasteiger partial charge is 0.453 e. The Morgan fingerprint density at radius 2 is 1.84 bits per heavy atom. The van der Waals surface area contributed by atoms with E-state index in [2.05, 4.69) is 0 Å². The molecule has 1 N–H and O–H groups in total. The van der Waals surface area contributed by atoms with Gasteiger partial charge in [0.15, 0.2) is 0 Å². The van der Waals surface area contributed by atoms with Gasteiger partial charge in [0.2, 0.25) is 11.2 Å². The van der Waals surface area contributed by atoms with Crippen molar-refractivity contribution in [3.8, 4) is 17.2 Å². The monoisotopic (exact) mass is 370 g/mol. The summed E-state index contributed by atoms with van der Waals surface area (Å²) in [5.74, 6) is -3.02. The molecular formula is C17H10ClF3O4. The molecule has 3 rings (SSSR count). The maximum atomic E-state index is 13.4. The van der Waals surface area contributed by atoms with Crippen molar-refractivity contribution in [2.75, 3.05) is 0 Å². The molecule has 0 aliphatic carbocycles. The molecule has 2 aromatic carbocycles. The van der Waals surface area contributed by atoms with Gasteiger partial charge in [0.25, 0.3) is 5.76 Å². The number of aromatic hydroxyl groups is 1. The van der Waals surface area contributed by atoms with E-state index in [9.17, 15) is 23.1 Å². The topological polar surface area (TPSA) is 59.7 Å². The van der Waals surface area contributed by atoms with Crippen LogP contribution >= 0.6 is 11.6 Å². The van der Waals surface area contributed by atoms with Crippen molar-refractivity contribution in [3.05, 3.63) is 63.0 Å². The molecule has 0 aliphatic heterocycles. The van der Waals surface area contributed by atoms with Crippen molar-refractivity contribution < 1.29 is 27.4 Å². The Balaban J connectivity index is 2.34. The Morgan fingerprint density at radius 1 is 1.16 bits per heavy atom. The van der Waals surface area contributed by atoms with Crippen LogP contribution in [0.3, 0.4) is 0 Å². The minimum atomic E-state index is -4.98. The van der Waals surface area contributed by atoms with Crippen molar-refractivity contribution in [1.82, 2.24) is 0 Å². The second-order valence-electron chi connectivity index (χ2n) is 5.21. The van der Waals surface area contributed by atoms with Crippen LogP contribution in [-0.2, 0) is 6.18 Å². The first-order valence-corrected chi connectivity index (χ1v) is 7.37. The van der Waals surface area contributed by atoms with Crippen LogP contribution in [0.5, 0.6) is 17.2 Å². The van der Waals surface area contributed by atoms with Crippen molar-refractivity contribution in [2.45, 2.75) is 13.1 Å². The first kappa shape index (κ1) is 17.2. The molecule has 8 heteroatoms. The highest BCUT2D eigenvalue weighted by Gasteiger charge is 2.41. The van der Waals surface area contributed by atoms with Crippen molar-refractivity contribution >= 4 is 22.6 Å². The number of fused-ring (bicyclic) bond motifs is 1. The summed E-state index contributed by atoms with van der Waals surface area (Å²) < 4.78 is 50.2. The molecule has 0 amide bonds. The number of aryl methyl sites for hydroxylation is 1. The first-order chi connectivity index (χ1) is 11.7. The van der Waals surface area contributed by atoms with Gasteiger partial charge in [0.05, 0.1) is 10.4 Å². The maximum absolute atomic E-state index is 13.4. The normalized spacial score (nSPS) is 11.7. The summed E-state index contributed by atoms with van der Waals surface area (Å²) in [7, 11) is 0. The fourth-order valence-corrected chi connectivity index (χ4v) is 2.46. The third-order valence-electron chi connectivity index (χ3n) is 3.54. The lowest BCUT2D eigenvalue weighted by Gasteiger charge is -2.14. The number of hydrogen-bond acceptors (Lipinski definition) is 4. The zero-order chi connectivity index (χ0) is 18.4. The summed E-state index contributed by atoms with van der Waals surface area (Å²) >= 11 is 5.89. The van der Waals surface area contributed by atoms with Gasteiger partial charge in [-0.1, -0.05) is 23.7 Å². The van der Waals surface area contributed by atoms with E-state index in [-0.39, 0.29) is 33.1 Å². The van der Waals surface area contributed by atoms with Crippen LogP contribution in [0.4, 0.5) is 13.2 Å². The Kier molecular flexibility index (Phi) is 4.12. The SMILES string of the molecule is Cc1c(O)ccc2c(=O)c(Oc3ccccc3Cl)c(C(F)(F)F)oc12. The van der Waals surface area contributed by atoms with Crippen LogP contribution in [-0.4, -0.2) is 5.11 Å². The number of phenols is 1. The van der Waals surface area contributed by atoms with E-state index in [0.717, 1.165) is 0 Å². The van der Waals surface area contributed by atoms with Gasteiger partial charge in [-0.2, -0.15) is 13.2 Å². The lowest BCUT2D eigenvalue weighted by atomic mass is 10.1. The summed E-state index contributed by atoms with van der Waals surface area (Å²) in [4.78, 5) is 12.6. The highest BCUT2D eigenvalue weighted by molar-refractivity contribution is 6.32. The van der Waals surface area contributed by atoms with Crippen LogP contribution in [0, 0.1) is 6.92 Å². The molecule has 130 valence electrons. The number of ether oxygens (including phenoxy) is 1. The molecule has 0 bridgehead atoms. The molecule has 25 heavy (non-hydrogen) atoms. The molecule has 3 aromatic rings. The van der Waals surface area contributed by atoms with Crippen molar-refractivity contribution in [2.24, 2.45) is 0 Å². The molecule has 0 atom stereocenters. The summed E-state index contributed by atoms with van der Waals surface area (Å²) in [5, 5.41) is 9.54. The summed E-state index contributed by atoms with van der Waals surface area (Å²) in [6.07, 6.45) is -4.98. The molecule has 0 unspecified atom stereocenters. The average molecular weight is 371 g/mol. The van der Waals surface area contributed by atoms with Crippen LogP contribution in [0.25, 0.3) is 11.0 Å². The van der Waals surface area contributed by atoms with Crippen LogP contribution < -0.4 is 10.2 Å². The minimum absolute atomic E-state index is 0.0180. The number of rotatable bonds is 2. The maximum Gasteiger partial charge on any atom is 0.453 e. The first-order valence-electron chi connectivity index (χ1n) is 6.99. The van der Waals surface area contributed by atoms with E-state index in [1.54, 1.807) is 6.07 Å². The van der Waals surface area contributed by atoms with E-state index < -0.39 is 23.1 Å². The molecular weight excluding hydrogens is 361 g/mol. The van der Waals surface area contributed by atoms with Crippen LogP contribution in [0.1, 0.15) is 11.3 Å². The van der Waals surface area contributed by atoms with Gasteiger partial charge in [0, 0.05) is 5.56 Å². The predicted octanol–water partition coefficient (Wildman–Crippen LogP) is 5.27. The Labute approximate surface area is 144 Å². The molecule has 0 radical (unpaired) electrons. The lowest BCUT2D eigenvalue weighted by Crippen LogP contribution is -2.15. The number of phenolic OH excluding ortho intramolecular Hbond substituents is 1. The number of halogens is 4. The average Bonchev–Trinajstić information content (AvgIpc) is 2.54. The second-order valence-corrected chi connectivity index (χ2v) is 5.61. The largest absolute Gasteiger partial charge is 0.508 e. The van der Waals surface area contributed by atoms with E-state index in [4.69, 9.17) is 20.8 Å². The fraction of sp³-hybridized carbons (Fsp3) is 0.118. The summed E-state index contributed by atoms with van der Waals surface area (Å²) in [6.45, 7) is 1.34. The van der Waals surface area contributed by atoms with Crippen LogP contribution in [0.2, 0.25) is 5.02 Å². The molecule has 0 spiro atoms. The third kappa shape index (κ3) is 3.02. The Morgan fingerprint density at radius 3 is 2.48 bits per heavy atom. The molecule has 0 aliphatic rings. The molecule has 1 heterocycles. The van der Waals surface area contributed by atoms with E-state index >= 15 is 0 Å². The second kappa shape index (κ2) is 6.00. The molecule has 0 saturated carbocycles. The molecule has 4 nitrogen and oxygen atoms in total. The van der Waals surface area contributed by atoms with E-state index in [0.29, 0.717) is 0 Å². The quantitative estimate of drug-likeness (QED) is 0.667. The molecule has 0 fully saturated rings. The minimum Gasteiger partial charge on any atom is -0.508 e. The summed E-state index contributed by atoms with van der Waals surface area (Å²) in [6, 6.07) is 8.17. The number of para-hydroxylation sites is 1. The number of alkyl halides is 3. The number of hydrogen-bond donors (Lipinski definition) is 1. The van der Waals surface area contributed by atoms with Gasteiger partial charge >= 0.3 is 6.18 Å². The van der Waals surface area contributed by atoms with E-state index in [1.807, 2.05) is 0 Å². The van der Waals surface area contributed by atoms with Gasteiger partial charge in [-0.15, -0.1) is 0 Å². The highest BCUT2D eigenvalue weighted by Crippen LogP contribution is 2.40. The Bertz CT molecular complexity index is 1020. The predicted molar refractivity (Wildman–Crippen MR) is 85.4 cm³/mol. The zero-order valence-electron chi connectivity index (χ0n) is 12.6. The molecule has 1 aromatic heterocycles. The third-order valence-corrected chi connectivity index (χ3v) is 3.86. The standard InChI is InChI=1S/C17H10ClF3O4/c1-8-11(22)7-6-9-13(23)15(16(17(19,20)21)25-14(8)9)24-12-5-3-2-4-10(12)18/h2-7,22H,1H3. The van der Waals surface area contributed by atoms with Gasteiger partial charge in [0.1, 0.15) is 17.1 Å². The van der Waals surface area contributed by atoms with Crippen LogP contribution in [0.15, 0.2) is 45.6 Å². The van der Waals surface area contributed by atoms with Crippen molar-refractivity contribution in [1.29, 1.82) is 0 Å². The van der Waals surface area contributed by atoms with Gasteiger partial charge < -0.3 is 14.3 Å². The number of benzene rings is 2. The lowest BCUT2D eigenvalue weighted by molar-refractivity contribution is -0.154. The fourth-order valence-electron chi connectivity index (χ4n) is 2.28. The van der Waals surface area contributed by atoms with Gasteiger partial charge in [-0.3, -0.25) is 4.79 Å². The van der Waals surface area contributed by atoms with Gasteiger partial charge in [-0.25, -0.2) is 0 Å². The Hall–Kier alpha value is -2.67. The van der Waals surface area contributed by atoms with Gasteiger partial charge in [-0.05, 0) is 31.2 Å². The summed E-state index contributed by atoms with van der Waals surface area (Å²) in [5.41, 5.74) is -1.36. The zero-order valence-corrected chi connectivity index (χ0v) is 13.4. The molecule has 0 saturated heterocycles. The van der Waals surface area contributed by atoms with Crippen molar-refractivity contribution in [3.63, 3.8) is 0 Å².